The summed E-state index contributed by atoms with van der Waals surface area (Å²) in [4.78, 5) is 25.0. The van der Waals surface area contributed by atoms with Crippen LogP contribution in [0.15, 0.2) is 23.0 Å². The summed E-state index contributed by atoms with van der Waals surface area (Å²) in [5, 5.41) is 9.40. The highest BCUT2D eigenvalue weighted by atomic mass is 19.1. The molecule has 1 unspecified atom stereocenters. The highest BCUT2D eigenvalue weighted by molar-refractivity contribution is 5.95. The summed E-state index contributed by atoms with van der Waals surface area (Å²) in [7, 11) is 0. The molecule has 1 fully saturated rings. The number of rotatable bonds is 4. The van der Waals surface area contributed by atoms with E-state index in [1.165, 1.54) is 37.5 Å². The standard InChI is InChI=1S/C18H22FN3O2/c1-2-14(11-7-4-3-5-8-11)20-18(24)16-17(23)12-9-6-10-13(19)15(12)21-22-16/h6,9-11,14H,2-5,7-8H2,1H3,(H,20,24)(H,21,23). The van der Waals surface area contributed by atoms with Crippen molar-refractivity contribution in [1.82, 2.24) is 15.5 Å². The van der Waals surface area contributed by atoms with Crippen LogP contribution in [-0.4, -0.2) is 22.1 Å². The number of carbonyl (C=O) groups excluding carboxylic acids is 1. The topological polar surface area (TPSA) is 74.8 Å². The Kier molecular flexibility index (Phi) is 4.92. The molecule has 1 aliphatic rings. The molecule has 6 heteroatoms. The number of hydrogen-bond acceptors (Lipinski definition) is 3. The molecule has 1 saturated carbocycles. The number of hydrogen-bond donors (Lipinski definition) is 2. The van der Waals surface area contributed by atoms with Crippen molar-refractivity contribution in [2.75, 3.05) is 0 Å². The molecule has 1 atom stereocenters. The Morgan fingerprint density at radius 1 is 1.38 bits per heavy atom. The van der Waals surface area contributed by atoms with Gasteiger partial charge in [0.05, 0.1) is 5.39 Å². The molecule has 0 aliphatic heterocycles. The van der Waals surface area contributed by atoms with Crippen molar-refractivity contribution < 1.29 is 9.18 Å². The average molecular weight is 331 g/mol. The lowest BCUT2D eigenvalue weighted by Crippen LogP contribution is -2.42. The van der Waals surface area contributed by atoms with Crippen molar-refractivity contribution >= 4 is 16.8 Å². The summed E-state index contributed by atoms with van der Waals surface area (Å²) < 4.78 is 13.7. The minimum Gasteiger partial charge on any atom is -0.348 e. The number of benzene rings is 1. The van der Waals surface area contributed by atoms with E-state index >= 15 is 0 Å². The van der Waals surface area contributed by atoms with Gasteiger partial charge < -0.3 is 5.32 Å². The number of H-pyrrole nitrogens is 1. The van der Waals surface area contributed by atoms with Crippen LogP contribution in [-0.2, 0) is 0 Å². The number of fused-ring (bicyclic) bond motifs is 1. The van der Waals surface area contributed by atoms with Crippen molar-refractivity contribution in [2.24, 2.45) is 5.92 Å². The number of nitrogens with zero attached hydrogens (tertiary/aromatic N) is 1. The van der Waals surface area contributed by atoms with Gasteiger partial charge in [0.15, 0.2) is 5.69 Å². The summed E-state index contributed by atoms with van der Waals surface area (Å²) in [5.74, 6) is -0.595. The summed E-state index contributed by atoms with van der Waals surface area (Å²) in [6, 6.07) is 4.23. The van der Waals surface area contributed by atoms with Crippen LogP contribution in [0.2, 0.25) is 0 Å². The second kappa shape index (κ2) is 7.11. The first-order valence-electron chi connectivity index (χ1n) is 8.59. The zero-order chi connectivity index (χ0) is 17.1. The number of halogens is 1. The first-order valence-corrected chi connectivity index (χ1v) is 8.59. The Hall–Kier alpha value is -2.24. The molecule has 1 amide bonds. The van der Waals surface area contributed by atoms with E-state index in [9.17, 15) is 14.0 Å². The Labute approximate surface area is 139 Å². The zero-order valence-electron chi connectivity index (χ0n) is 13.8. The Morgan fingerprint density at radius 2 is 2.12 bits per heavy atom. The molecule has 0 bridgehead atoms. The fourth-order valence-corrected chi connectivity index (χ4v) is 3.60. The van der Waals surface area contributed by atoms with Gasteiger partial charge in [-0.05, 0) is 37.3 Å². The van der Waals surface area contributed by atoms with Gasteiger partial charge in [0.1, 0.15) is 11.3 Å². The van der Waals surface area contributed by atoms with Crippen LogP contribution in [0.3, 0.4) is 0 Å². The van der Waals surface area contributed by atoms with Gasteiger partial charge in [-0.25, -0.2) is 4.39 Å². The van der Waals surface area contributed by atoms with E-state index < -0.39 is 17.2 Å². The number of para-hydroxylation sites is 1. The van der Waals surface area contributed by atoms with Gasteiger partial charge in [-0.3, -0.25) is 14.7 Å². The molecule has 1 aromatic carbocycles. The first-order chi connectivity index (χ1) is 11.6. The molecule has 1 heterocycles. The van der Waals surface area contributed by atoms with E-state index in [2.05, 4.69) is 15.5 Å². The summed E-state index contributed by atoms with van der Waals surface area (Å²) in [6.07, 6.45) is 6.64. The van der Waals surface area contributed by atoms with Crippen molar-refractivity contribution in [1.29, 1.82) is 0 Å². The summed E-state index contributed by atoms with van der Waals surface area (Å²) in [6.45, 7) is 2.03. The van der Waals surface area contributed by atoms with Crippen molar-refractivity contribution in [3.8, 4) is 0 Å². The Morgan fingerprint density at radius 3 is 2.83 bits per heavy atom. The highest BCUT2D eigenvalue weighted by Crippen LogP contribution is 2.27. The summed E-state index contributed by atoms with van der Waals surface area (Å²) in [5.41, 5.74) is -0.722. The maximum Gasteiger partial charge on any atom is 0.276 e. The third kappa shape index (κ3) is 3.18. The Balaban J connectivity index is 1.85. The van der Waals surface area contributed by atoms with E-state index in [1.54, 1.807) is 0 Å². The van der Waals surface area contributed by atoms with Crippen LogP contribution >= 0.6 is 0 Å². The van der Waals surface area contributed by atoms with E-state index in [1.807, 2.05) is 6.92 Å². The van der Waals surface area contributed by atoms with E-state index in [-0.39, 0.29) is 22.6 Å². The molecule has 5 nitrogen and oxygen atoms in total. The van der Waals surface area contributed by atoms with Crippen LogP contribution < -0.4 is 10.7 Å². The maximum absolute atomic E-state index is 13.7. The molecule has 1 aromatic heterocycles. The average Bonchev–Trinajstić information content (AvgIpc) is 2.61. The fourth-order valence-electron chi connectivity index (χ4n) is 3.60. The Bertz CT molecular complexity index is 796. The van der Waals surface area contributed by atoms with Gasteiger partial charge in [-0.2, -0.15) is 5.10 Å². The highest BCUT2D eigenvalue weighted by Gasteiger charge is 2.26. The quantitative estimate of drug-likeness (QED) is 0.904. The third-order valence-electron chi connectivity index (χ3n) is 4.94. The second-order valence-corrected chi connectivity index (χ2v) is 6.45. The molecule has 1 aliphatic carbocycles. The minimum absolute atomic E-state index is 0.0263. The predicted octanol–water partition coefficient (Wildman–Crippen LogP) is 3.15. The molecule has 3 rings (SSSR count). The number of aromatic nitrogens is 2. The molecule has 0 spiro atoms. The van der Waals surface area contributed by atoms with Crippen molar-refractivity contribution in [2.45, 2.75) is 51.5 Å². The molecule has 0 saturated heterocycles. The van der Waals surface area contributed by atoms with Crippen LogP contribution in [0.25, 0.3) is 10.9 Å². The number of carbonyl (C=O) groups is 1. The van der Waals surface area contributed by atoms with Gasteiger partial charge in [0.25, 0.3) is 5.91 Å². The van der Waals surface area contributed by atoms with Crippen molar-refractivity contribution in [3.63, 3.8) is 0 Å². The second-order valence-electron chi connectivity index (χ2n) is 6.45. The SMILES string of the molecule is CCC(NC(=O)c1n[nH]c2c(F)cccc2c1=O)C1CCCCC1. The maximum atomic E-state index is 13.7. The lowest BCUT2D eigenvalue weighted by atomic mass is 9.83. The smallest absolute Gasteiger partial charge is 0.276 e. The van der Waals surface area contributed by atoms with Gasteiger partial charge in [0.2, 0.25) is 5.43 Å². The van der Waals surface area contributed by atoms with Gasteiger partial charge in [0, 0.05) is 6.04 Å². The number of nitrogens with one attached hydrogen (secondary N) is 2. The zero-order valence-corrected chi connectivity index (χ0v) is 13.8. The van der Waals surface area contributed by atoms with Crippen LogP contribution in [0, 0.1) is 11.7 Å². The molecular formula is C18H22FN3O2. The van der Waals surface area contributed by atoms with Crippen molar-refractivity contribution in [3.05, 3.63) is 39.9 Å². The van der Waals surface area contributed by atoms with E-state index in [0.29, 0.717) is 5.92 Å². The first kappa shape index (κ1) is 16.6. The normalized spacial score (nSPS) is 16.9. The largest absolute Gasteiger partial charge is 0.348 e. The monoisotopic (exact) mass is 331 g/mol. The summed E-state index contributed by atoms with van der Waals surface area (Å²) >= 11 is 0. The fraction of sp³-hybridized carbons (Fsp3) is 0.500. The van der Waals surface area contributed by atoms with Gasteiger partial charge in [-0.1, -0.05) is 32.3 Å². The number of amides is 1. The molecule has 24 heavy (non-hydrogen) atoms. The van der Waals surface area contributed by atoms with E-state index in [4.69, 9.17) is 0 Å². The number of aromatic amines is 1. The minimum atomic E-state index is -0.558. The third-order valence-corrected chi connectivity index (χ3v) is 4.94. The van der Waals surface area contributed by atoms with Gasteiger partial charge >= 0.3 is 0 Å². The predicted molar refractivity (Wildman–Crippen MR) is 90.4 cm³/mol. The van der Waals surface area contributed by atoms with Crippen LogP contribution in [0.1, 0.15) is 55.9 Å². The molecule has 2 aromatic rings. The van der Waals surface area contributed by atoms with Crippen LogP contribution in [0.5, 0.6) is 0 Å². The van der Waals surface area contributed by atoms with E-state index in [0.717, 1.165) is 19.3 Å². The lowest BCUT2D eigenvalue weighted by molar-refractivity contribution is 0.0904. The molecule has 2 N–H and O–H groups in total. The van der Waals surface area contributed by atoms with Crippen LogP contribution in [0.4, 0.5) is 4.39 Å². The molecular weight excluding hydrogens is 309 g/mol. The van der Waals surface area contributed by atoms with Gasteiger partial charge in [-0.15, -0.1) is 0 Å². The molecule has 128 valence electrons. The molecule has 0 radical (unpaired) electrons. The lowest BCUT2D eigenvalue weighted by Gasteiger charge is -2.30.